The van der Waals surface area contributed by atoms with Gasteiger partial charge >= 0.3 is 0 Å². The predicted molar refractivity (Wildman–Crippen MR) is 56.0 cm³/mol. The molecular weight excluding hydrogens is 176 g/mol. The van der Waals surface area contributed by atoms with E-state index in [0.717, 1.165) is 16.9 Å². The lowest BCUT2D eigenvalue weighted by atomic mass is 10.1. The maximum absolute atomic E-state index is 4.15. The van der Waals surface area contributed by atoms with Crippen LogP contribution in [0.3, 0.4) is 0 Å². The lowest BCUT2D eigenvalue weighted by molar-refractivity contribution is 0.768. The standard InChI is InChI=1S/C10H12N4/c1-11-10-5-8(3-4-12-10)9-6-13-14(2)7-9/h3-7H,1-2H3,(H,11,12). The van der Waals surface area contributed by atoms with E-state index >= 15 is 0 Å². The molecule has 0 unspecified atom stereocenters. The van der Waals surface area contributed by atoms with Crippen molar-refractivity contribution in [3.8, 4) is 11.1 Å². The Morgan fingerprint density at radius 2 is 2.21 bits per heavy atom. The summed E-state index contributed by atoms with van der Waals surface area (Å²) in [5.41, 5.74) is 2.23. The van der Waals surface area contributed by atoms with Gasteiger partial charge in [0.2, 0.25) is 0 Å². The second-order valence-electron chi connectivity index (χ2n) is 3.08. The van der Waals surface area contributed by atoms with Gasteiger partial charge in [-0.05, 0) is 17.7 Å². The van der Waals surface area contributed by atoms with E-state index in [0.29, 0.717) is 0 Å². The highest BCUT2D eigenvalue weighted by Gasteiger charge is 2.00. The maximum Gasteiger partial charge on any atom is 0.126 e. The normalized spacial score (nSPS) is 10.1. The van der Waals surface area contributed by atoms with Gasteiger partial charge in [0.05, 0.1) is 6.20 Å². The molecule has 0 radical (unpaired) electrons. The topological polar surface area (TPSA) is 42.7 Å². The van der Waals surface area contributed by atoms with Gasteiger partial charge in [-0.2, -0.15) is 5.10 Å². The number of aryl methyl sites for hydroxylation is 1. The molecule has 0 aromatic carbocycles. The lowest BCUT2D eigenvalue weighted by Gasteiger charge is -2.00. The number of anilines is 1. The molecule has 0 spiro atoms. The molecule has 2 aromatic heterocycles. The zero-order valence-corrected chi connectivity index (χ0v) is 8.23. The van der Waals surface area contributed by atoms with Crippen LogP contribution in [-0.2, 0) is 7.05 Å². The fourth-order valence-corrected chi connectivity index (χ4v) is 1.32. The van der Waals surface area contributed by atoms with Gasteiger partial charge in [-0.15, -0.1) is 0 Å². The number of rotatable bonds is 2. The van der Waals surface area contributed by atoms with Crippen molar-refractivity contribution in [2.45, 2.75) is 0 Å². The van der Waals surface area contributed by atoms with Crippen molar-refractivity contribution in [3.05, 3.63) is 30.7 Å². The molecule has 4 nitrogen and oxygen atoms in total. The summed E-state index contributed by atoms with van der Waals surface area (Å²) in [7, 11) is 3.76. The largest absolute Gasteiger partial charge is 0.373 e. The van der Waals surface area contributed by atoms with E-state index in [2.05, 4.69) is 15.4 Å². The zero-order valence-electron chi connectivity index (χ0n) is 8.23. The van der Waals surface area contributed by atoms with E-state index in [-0.39, 0.29) is 0 Å². The highest BCUT2D eigenvalue weighted by Crippen LogP contribution is 2.19. The number of hydrogen-bond donors (Lipinski definition) is 1. The maximum atomic E-state index is 4.15. The van der Waals surface area contributed by atoms with Crippen molar-refractivity contribution in [1.29, 1.82) is 0 Å². The molecule has 72 valence electrons. The van der Waals surface area contributed by atoms with Crippen LogP contribution in [0.25, 0.3) is 11.1 Å². The molecule has 0 saturated heterocycles. The molecule has 2 aromatic rings. The fraction of sp³-hybridized carbons (Fsp3) is 0.200. The molecule has 4 heteroatoms. The molecule has 2 heterocycles. The van der Waals surface area contributed by atoms with Crippen LogP contribution < -0.4 is 5.32 Å². The fourth-order valence-electron chi connectivity index (χ4n) is 1.32. The van der Waals surface area contributed by atoms with Gasteiger partial charge < -0.3 is 5.32 Å². The van der Waals surface area contributed by atoms with Crippen molar-refractivity contribution in [2.24, 2.45) is 7.05 Å². The molecule has 1 N–H and O–H groups in total. The third-order valence-corrected chi connectivity index (χ3v) is 2.05. The molecular formula is C10H12N4. The van der Waals surface area contributed by atoms with Crippen LogP contribution >= 0.6 is 0 Å². The minimum atomic E-state index is 0.867. The van der Waals surface area contributed by atoms with Crippen LogP contribution in [-0.4, -0.2) is 21.8 Å². The Hall–Kier alpha value is -1.84. The minimum Gasteiger partial charge on any atom is -0.373 e. The van der Waals surface area contributed by atoms with E-state index in [1.165, 1.54) is 0 Å². The Balaban J connectivity index is 2.41. The summed E-state index contributed by atoms with van der Waals surface area (Å²) in [5.74, 6) is 0.867. The summed E-state index contributed by atoms with van der Waals surface area (Å²) < 4.78 is 1.79. The summed E-state index contributed by atoms with van der Waals surface area (Å²) in [6.45, 7) is 0. The monoisotopic (exact) mass is 188 g/mol. The van der Waals surface area contributed by atoms with Crippen LogP contribution in [0.15, 0.2) is 30.7 Å². The Labute approximate surface area is 82.6 Å². The summed E-state index contributed by atoms with van der Waals surface area (Å²) in [4.78, 5) is 4.15. The third-order valence-electron chi connectivity index (χ3n) is 2.05. The second-order valence-corrected chi connectivity index (χ2v) is 3.08. The molecule has 0 fully saturated rings. The van der Waals surface area contributed by atoms with Gasteiger partial charge in [0.1, 0.15) is 5.82 Å². The molecule has 0 aliphatic carbocycles. The predicted octanol–water partition coefficient (Wildman–Crippen LogP) is 1.52. The van der Waals surface area contributed by atoms with Gasteiger partial charge in [0.25, 0.3) is 0 Å². The van der Waals surface area contributed by atoms with Crippen molar-refractivity contribution in [2.75, 3.05) is 12.4 Å². The molecule has 0 aliphatic heterocycles. The van der Waals surface area contributed by atoms with Crippen LogP contribution in [0.1, 0.15) is 0 Å². The van der Waals surface area contributed by atoms with Crippen molar-refractivity contribution in [3.63, 3.8) is 0 Å². The number of aromatic nitrogens is 3. The molecule has 0 saturated carbocycles. The van der Waals surface area contributed by atoms with E-state index in [4.69, 9.17) is 0 Å². The number of hydrogen-bond acceptors (Lipinski definition) is 3. The first kappa shape index (κ1) is 8.74. The van der Waals surface area contributed by atoms with Gasteiger partial charge in [0.15, 0.2) is 0 Å². The molecule has 0 aliphatic rings. The average Bonchev–Trinajstić information content (AvgIpc) is 2.65. The van der Waals surface area contributed by atoms with Gasteiger partial charge in [-0.25, -0.2) is 4.98 Å². The smallest absolute Gasteiger partial charge is 0.126 e. The van der Waals surface area contributed by atoms with Crippen LogP contribution in [0.5, 0.6) is 0 Å². The first-order valence-corrected chi connectivity index (χ1v) is 4.42. The summed E-state index contributed by atoms with van der Waals surface area (Å²) >= 11 is 0. The van der Waals surface area contributed by atoms with Crippen molar-refractivity contribution >= 4 is 5.82 Å². The van der Waals surface area contributed by atoms with Gasteiger partial charge in [0, 0.05) is 32.1 Å². The van der Waals surface area contributed by atoms with E-state index in [1.807, 2.05) is 38.6 Å². The number of nitrogens with zero attached hydrogens (tertiary/aromatic N) is 3. The zero-order chi connectivity index (χ0) is 9.97. The third kappa shape index (κ3) is 1.59. The van der Waals surface area contributed by atoms with Gasteiger partial charge in [-0.3, -0.25) is 4.68 Å². The quantitative estimate of drug-likeness (QED) is 0.777. The Bertz CT molecular complexity index is 433. The molecule has 0 amide bonds. The lowest BCUT2D eigenvalue weighted by Crippen LogP contribution is -1.91. The SMILES string of the molecule is CNc1cc(-c2cnn(C)c2)ccn1. The number of pyridine rings is 1. The first-order chi connectivity index (χ1) is 6.79. The van der Waals surface area contributed by atoms with E-state index < -0.39 is 0 Å². The summed E-state index contributed by atoms with van der Waals surface area (Å²) in [6.07, 6.45) is 5.61. The van der Waals surface area contributed by atoms with Gasteiger partial charge in [-0.1, -0.05) is 0 Å². The highest BCUT2D eigenvalue weighted by molar-refractivity contribution is 5.64. The van der Waals surface area contributed by atoms with Crippen LogP contribution in [0.4, 0.5) is 5.82 Å². The van der Waals surface area contributed by atoms with E-state index in [9.17, 15) is 0 Å². The number of nitrogens with one attached hydrogen (secondary N) is 1. The summed E-state index contributed by atoms with van der Waals surface area (Å²) in [5, 5.41) is 7.13. The minimum absolute atomic E-state index is 0.867. The average molecular weight is 188 g/mol. The van der Waals surface area contributed by atoms with Crippen molar-refractivity contribution < 1.29 is 0 Å². The van der Waals surface area contributed by atoms with Crippen LogP contribution in [0.2, 0.25) is 0 Å². The van der Waals surface area contributed by atoms with Crippen LogP contribution in [0, 0.1) is 0 Å². The molecule has 0 bridgehead atoms. The Morgan fingerprint density at radius 1 is 1.36 bits per heavy atom. The Kier molecular flexibility index (Phi) is 2.18. The highest BCUT2D eigenvalue weighted by atomic mass is 15.2. The molecule has 0 atom stereocenters. The van der Waals surface area contributed by atoms with Crippen molar-refractivity contribution in [1.82, 2.24) is 14.8 Å². The Morgan fingerprint density at radius 3 is 2.86 bits per heavy atom. The molecule has 2 rings (SSSR count). The molecule has 14 heavy (non-hydrogen) atoms. The first-order valence-electron chi connectivity index (χ1n) is 4.42. The summed E-state index contributed by atoms with van der Waals surface area (Å²) in [6, 6.07) is 3.97. The van der Waals surface area contributed by atoms with E-state index in [1.54, 1.807) is 10.9 Å². The second kappa shape index (κ2) is 3.49.